The summed E-state index contributed by atoms with van der Waals surface area (Å²) in [5.74, 6) is -0.661. The van der Waals surface area contributed by atoms with Crippen LogP contribution in [-0.2, 0) is 16.6 Å². The van der Waals surface area contributed by atoms with Crippen molar-refractivity contribution in [3.63, 3.8) is 0 Å². The van der Waals surface area contributed by atoms with Gasteiger partial charge in [-0.15, -0.1) is 0 Å². The molecule has 0 atom stereocenters. The number of hydrogen-bond donors (Lipinski definition) is 2. The molecule has 0 fully saturated rings. The van der Waals surface area contributed by atoms with Crippen LogP contribution in [0.5, 0.6) is 0 Å². The molecule has 114 valence electrons. The molecule has 0 aromatic carbocycles. The van der Waals surface area contributed by atoms with Crippen molar-refractivity contribution >= 4 is 32.5 Å². The number of aromatic carboxylic acids is 1. The fourth-order valence-corrected chi connectivity index (χ4v) is 3.89. The average molecular weight is 330 g/mol. The highest BCUT2D eigenvalue weighted by molar-refractivity contribution is 7.92. The third-order valence-electron chi connectivity index (χ3n) is 2.87. The average Bonchev–Trinajstić information content (AvgIpc) is 2.92. The Morgan fingerprint density at radius 2 is 2.14 bits per heavy atom. The molecular weight excluding hydrogens is 316 g/mol. The summed E-state index contributed by atoms with van der Waals surface area (Å²) in [5.41, 5.74) is 0.121. The lowest BCUT2D eigenvalue weighted by molar-refractivity contribution is 0.0697. The van der Waals surface area contributed by atoms with E-state index in [2.05, 4.69) is 14.1 Å². The van der Waals surface area contributed by atoms with E-state index in [1.54, 1.807) is 11.5 Å². The fraction of sp³-hybridized carbons (Fsp3) is 0.364. The van der Waals surface area contributed by atoms with Crippen molar-refractivity contribution in [2.24, 2.45) is 0 Å². The Hall–Kier alpha value is -1.94. The van der Waals surface area contributed by atoms with E-state index in [9.17, 15) is 13.2 Å². The zero-order chi connectivity index (χ0) is 15.8. The Bertz CT molecular complexity index is 791. The van der Waals surface area contributed by atoms with E-state index < -0.39 is 16.0 Å². The molecule has 0 saturated carbocycles. The van der Waals surface area contributed by atoms with Crippen LogP contribution >= 0.6 is 11.5 Å². The molecule has 0 amide bonds. The van der Waals surface area contributed by atoms with Gasteiger partial charge in [-0.25, -0.2) is 9.78 Å². The van der Waals surface area contributed by atoms with Gasteiger partial charge in [-0.3, -0.25) is 4.72 Å². The van der Waals surface area contributed by atoms with E-state index >= 15 is 0 Å². The van der Waals surface area contributed by atoms with Crippen molar-refractivity contribution in [1.82, 2.24) is 13.9 Å². The van der Waals surface area contributed by atoms with E-state index in [4.69, 9.17) is 5.11 Å². The topological polar surface area (TPSA) is 114 Å². The van der Waals surface area contributed by atoms with Gasteiger partial charge in [0.15, 0.2) is 5.03 Å². The molecule has 21 heavy (non-hydrogen) atoms. The lowest BCUT2D eigenvalue weighted by atomic mass is 10.2. The Morgan fingerprint density at radius 3 is 2.67 bits per heavy atom. The van der Waals surface area contributed by atoms with E-state index in [-0.39, 0.29) is 21.3 Å². The first-order valence-electron chi connectivity index (χ1n) is 6.02. The van der Waals surface area contributed by atoms with Crippen molar-refractivity contribution in [2.45, 2.75) is 32.3 Å². The second kappa shape index (κ2) is 5.45. The van der Waals surface area contributed by atoms with Crippen LogP contribution in [0.15, 0.2) is 11.2 Å². The highest BCUT2D eigenvalue weighted by atomic mass is 32.2. The minimum absolute atomic E-state index is 0.0244. The smallest absolute Gasteiger partial charge is 0.340 e. The van der Waals surface area contributed by atoms with Gasteiger partial charge in [-0.05, 0) is 32.3 Å². The third kappa shape index (κ3) is 2.90. The molecule has 0 unspecified atom stereocenters. The number of imidazole rings is 1. The van der Waals surface area contributed by atoms with Crippen LogP contribution in [0.3, 0.4) is 0 Å². The van der Waals surface area contributed by atoms with Gasteiger partial charge in [0.05, 0.1) is 5.69 Å². The summed E-state index contributed by atoms with van der Waals surface area (Å²) in [6, 6.07) is 0. The zero-order valence-electron chi connectivity index (χ0n) is 11.6. The number of anilines is 1. The minimum Gasteiger partial charge on any atom is -0.478 e. The molecule has 0 aliphatic carbocycles. The van der Waals surface area contributed by atoms with Crippen LogP contribution < -0.4 is 4.72 Å². The van der Waals surface area contributed by atoms with Crippen LogP contribution in [0.1, 0.15) is 28.8 Å². The summed E-state index contributed by atoms with van der Waals surface area (Å²) < 4.78 is 32.3. The van der Waals surface area contributed by atoms with E-state index in [0.717, 1.165) is 11.5 Å². The molecule has 0 aliphatic rings. The summed E-state index contributed by atoms with van der Waals surface area (Å²) in [7, 11) is -3.94. The monoisotopic (exact) mass is 330 g/mol. The van der Waals surface area contributed by atoms with Gasteiger partial charge in [-0.2, -0.15) is 12.8 Å². The van der Waals surface area contributed by atoms with Gasteiger partial charge in [0.25, 0.3) is 10.0 Å². The van der Waals surface area contributed by atoms with Crippen molar-refractivity contribution < 1.29 is 18.3 Å². The Morgan fingerprint density at radius 1 is 1.48 bits per heavy atom. The second-order valence-corrected chi connectivity index (χ2v) is 6.70. The number of aryl methyl sites for hydroxylation is 3. The molecule has 0 aliphatic heterocycles. The molecule has 10 heteroatoms. The van der Waals surface area contributed by atoms with Gasteiger partial charge >= 0.3 is 5.97 Å². The number of hydrogen-bond acceptors (Lipinski definition) is 6. The maximum absolute atomic E-state index is 12.3. The maximum Gasteiger partial charge on any atom is 0.340 e. The van der Waals surface area contributed by atoms with E-state index in [0.29, 0.717) is 12.4 Å². The molecular formula is C11H14N4O4S2. The lowest BCUT2D eigenvalue weighted by Crippen LogP contribution is -2.15. The number of nitrogens with one attached hydrogen (secondary N) is 1. The van der Waals surface area contributed by atoms with Gasteiger partial charge in [0, 0.05) is 12.7 Å². The SMILES string of the molecule is CCn1cc(S(=O)(=O)Nc2snc(C)c2C(=O)O)nc1C. The number of carboxylic acid groups (broad SMARTS) is 1. The first-order valence-corrected chi connectivity index (χ1v) is 8.28. The van der Waals surface area contributed by atoms with Crippen molar-refractivity contribution in [3.05, 3.63) is 23.3 Å². The summed E-state index contributed by atoms with van der Waals surface area (Å²) in [5, 5.41) is 8.93. The van der Waals surface area contributed by atoms with E-state index in [1.165, 1.54) is 13.1 Å². The molecule has 2 rings (SSSR count). The lowest BCUT2D eigenvalue weighted by Gasteiger charge is -2.03. The molecule has 0 saturated heterocycles. The van der Waals surface area contributed by atoms with E-state index in [1.807, 2.05) is 6.92 Å². The molecule has 2 heterocycles. The van der Waals surface area contributed by atoms with Crippen LogP contribution in [0.4, 0.5) is 5.00 Å². The number of nitrogens with zero attached hydrogens (tertiary/aromatic N) is 3. The summed E-state index contributed by atoms with van der Waals surface area (Å²) in [4.78, 5) is 15.1. The molecule has 0 spiro atoms. The normalized spacial score (nSPS) is 11.6. The number of carboxylic acids is 1. The zero-order valence-corrected chi connectivity index (χ0v) is 13.2. The Balaban J connectivity index is 2.40. The first-order chi connectivity index (χ1) is 9.76. The molecule has 2 N–H and O–H groups in total. The molecule has 0 radical (unpaired) electrons. The summed E-state index contributed by atoms with van der Waals surface area (Å²) in [6.07, 6.45) is 1.41. The van der Waals surface area contributed by atoms with Crippen LogP contribution in [-0.4, -0.2) is 33.4 Å². The standard InChI is InChI=1S/C11H14N4O4S2/c1-4-15-5-8(12-7(15)3)21(18,19)14-10-9(11(16)17)6(2)13-20-10/h5,14H,4H2,1-3H3,(H,16,17). The van der Waals surface area contributed by atoms with Crippen molar-refractivity contribution in [2.75, 3.05) is 4.72 Å². The largest absolute Gasteiger partial charge is 0.478 e. The van der Waals surface area contributed by atoms with Gasteiger partial charge < -0.3 is 9.67 Å². The first kappa shape index (κ1) is 15.4. The van der Waals surface area contributed by atoms with Gasteiger partial charge in [0.2, 0.25) is 0 Å². The van der Waals surface area contributed by atoms with Crippen LogP contribution in [0.25, 0.3) is 0 Å². The number of carbonyl (C=O) groups is 1. The quantitative estimate of drug-likeness (QED) is 0.858. The van der Waals surface area contributed by atoms with Crippen molar-refractivity contribution in [1.29, 1.82) is 0 Å². The maximum atomic E-state index is 12.3. The highest BCUT2D eigenvalue weighted by Crippen LogP contribution is 2.27. The van der Waals surface area contributed by atoms with Crippen LogP contribution in [0, 0.1) is 13.8 Å². The van der Waals surface area contributed by atoms with Gasteiger partial charge in [-0.1, -0.05) is 0 Å². The predicted octanol–water partition coefficient (Wildman–Crippen LogP) is 1.48. The molecule has 0 bridgehead atoms. The predicted molar refractivity (Wildman–Crippen MR) is 77.3 cm³/mol. The molecule has 2 aromatic heterocycles. The molecule has 8 nitrogen and oxygen atoms in total. The van der Waals surface area contributed by atoms with Crippen molar-refractivity contribution in [3.8, 4) is 0 Å². The Kier molecular flexibility index (Phi) is 4.01. The third-order valence-corrected chi connectivity index (χ3v) is 5.08. The summed E-state index contributed by atoms with van der Waals surface area (Å²) >= 11 is 0.787. The number of rotatable bonds is 5. The minimum atomic E-state index is -3.94. The Labute approximate surface area is 125 Å². The number of aromatic nitrogens is 3. The molecule has 2 aromatic rings. The fourth-order valence-electron chi connectivity index (χ4n) is 1.79. The summed E-state index contributed by atoms with van der Waals surface area (Å²) in [6.45, 7) is 5.66. The van der Waals surface area contributed by atoms with Gasteiger partial charge in [0.1, 0.15) is 16.4 Å². The van der Waals surface area contributed by atoms with Crippen LogP contribution in [0.2, 0.25) is 0 Å². The second-order valence-electron chi connectivity index (χ2n) is 4.30. The number of sulfonamides is 1. The highest BCUT2D eigenvalue weighted by Gasteiger charge is 2.25.